The summed E-state index contributed by atoms with van der Waals surface area (Å²) in [7, 11) is 1.63. The van der Waals surface area contributed by atoms with E-state index in [1.54, 1.807) is 25.8 Å². The smallest absolute Gasteiger partial charge is 0.338 e. The molecule has 0 unspecified atom stereocenters. The number of methoxy groups -OCH3 is 1. The summed E-state index contributed by atoms with van der Waals surface area (Å²) in [4.78, 5) is 19.0. The zero-order chi connectivity index (χ0) is 16.4. The SMILES string of the molecule is CCOC(=O)C1=C(C)N=C2SC=CN2[C@H]1c1ccc(OC)cc1. The van der Waals surface area contributed by atoms with Gasteiger partial charge >= 0.3 is 5.97 Å². The maximum atomic E-state index is 12.5. The molecule has 1 atom stereocenters. The Balaban J connectivity index is 2.06. The maximum absolute atomic E-state index is 12.5. The van der Waals surface area contributed by atoms with Crippen molar-refractivity contribution in [3.05, 3.63) is 52.7 Å². The predicted molar refractivity (Wildman–Crippen MR) is 91.1 cm³/mol. The van der Waals surface area contributed by atoms with Crippen LogP contribution in [0.5, 0.6) is 5.75 Å². The molecule has 0 amide bonds. The lowest BCUT2D eigenvalue weighted by Gasteiger charge is -2.33. The van der Waals surface area contributed by atoms with Gasteiger partial charge in [-0.15, -0.1) is 0 Å². The Hall–Kier alpha value is -2.21. The average molecular weight is 330 g/mol. The van der Waals surface area contributed by atoms with Crippen LogP contribution in [-0.2, 0) is 9.53 Å². The van der Waals surface area contributed by atoms with Gasteiger partial charge in [-0.3, -0.25) is 0 Å². The van der Waals surface area contributed by atoms with Crippen molar-refractivity contribution >= 4 is 22.9 Å². The summed E-state index contributed by atoms with van der Waals surface area (Å²) < 4.78 is 10.5. The van der Waals surface area contributed by atoms with E-state index in [1.807, 2.05) is 47.7 Å². The Morgan fingerprint density at radius 2 is 2.09 bits per heavy atom. The molecule has 0 aromatic heterocycles. The second kappa shape index (κ2) is 6.50. The van der Waals surface area contributed by atoms with Crippen LogP contribution in [0, 0.1) is 0 Å². The van der Waals surface area contributed by atoms with Crippen molar-refractivity contribution < 1.29 is 14.3 Å². The molecule has 2 aliphatic heterocycles. The summed E-state index contributed by atoms with van der Waals surface area (Å²) in [5, 5.41) is 2.84. The van der Waals surface area contributed by atoms with Gasteiger partial charge in [0.1, 0.15) is 5.75 Å². The van der Waals surface area contributed by atoms with Crippen LogP contribution in [0.25, 0.3) is 0 Å². The fourth-order valence-electron chi connectivity index (χ4n) is 2.68. The van der Waals surface area contributed by atoms with Gasteiger partial charge in [0, 0.05) is 6.20 Å². The predicted octanol–water partition coefficient (Wildman–Crippen LogP) is 3.46. The van der Waals surface area contributed by atoms with E-state index < -0.39 is 0 Å². The van der Waals surface area contributed by atoms with Crippen LogP contribution >= 0.6 is 11.8 Å². The van der Waals surface area contributed by atoms with Gasteiger partial charge in [-0.1, -0.05) is 23.9 Å². The summed E-state index contributed by atoms with van der Waals surface area (Å²) in [6.07, 6.45) is 1.95. The topological polar surface area (TPSA) is 51.1 Å². The van der Waals surface area contributed by atoms with Gasteiger partial charge in [-0.05, 0) is 37.0 Å². The Bertz CT molecular complexity index is 707. The van der Waals surface area contributed by atoms with Crippen molar-refractivity contribution in [1.82, 2.24) is 4.90 Å². The van der Waals surface area contributed by atoms with Crippen LogP contribution < -0.4 is 4.74 Å². The Kier molecular flexibility index (Phi) is 4.43. The van der Waals surface area contributed by atoms with E-state index in [-0.39, 0.29) is 12.0 Å². The third-order valence-corrected chi connectivity index (χ3v) is 4.52. The average Bonchev–Trinajstić information content (AvgIpc) is 3.01. The Morgan fingerprint density at radius 3 is 2.74 bits per heavy atom. The molecule has 0 fully saturated rings. The van der Waals surface area contributed by atoms with Crippen LogP contribution in [0.1, 0.15) is 25.5 Å². The Labute approximate surface area is 139 Å². The van der Waals surface area contributed by atoms with Crippen molar-refractivity contribution in [1.29, 1.82) is 0 Å². The number of hydrogen-bond donors (Lipinski definition) is 0. The van der Waals surface area contributed by atoms with Gasteiger partial charge in [-0.2, -0.15) is 0 Å². The number of amidine groups is 1. The molecule has 2 aliphatic rings. The number of thioether (sulfide) groups is 1. The van der Waals surface area contributed by atoms with Gasteiger partial charge in [-0.25, -0.2) is 9.79 Å². The molecule has 0 bridgehead atoms. The van der Waals surface area contributed by atoms with E-state index in [4.69, 9.17) is 9.47 Å². The highest BCUT2D eigenvalue weighted by molar-refractivity contribution is 8.16. The van der Waals surface area contributed by atoms with Crippen molar-refractivity contribution in [2.45, 2.75) is 19.9 Å². The highest BCUT2D eigenvalue weighted by Crippen LogP contribution is 2.41. The molecular weight excluding hydrogens is 312 g/mol. The molecule has 0 radical (unpaired) electrons. The summed E-state index contributed by atoms with van der Waals surface area (Å²) in [6.45, 7) is 4.00. The minimum absolute atomic E-state index is 0.237. The third kappa shape index (κ3) is 2.86. The second-order valence-corrected chi connectivity index (χ2v) is 5.97. The van der Waals surface area contributed by atoms with Crippen LogP contribution in [0.2, 0.25) is 0 Å². The summed E-state index contributed by atoms with van der Waals surface area (Å²) >= 11 is 1.55. The number of carbonyl (C=O) groups excluding carboxylic acids is 1. The molecule has 6 heteroatoms. The number of carbonyl (C=O) groups is 1. The first-order chi connectivity index (χ1) is 11.2. The van der Waals surface area contributed by atoms with Crippen molar-refractivity contribution in [3.63, 3.8) is 0 Å². The van der Waals surface area contributed by atoms with Crippen LogP contribution in [-0.4, -0.2) is 29.8 Å². The lowest BCUT2D eigenvalue weighted by Crippen LogP contribution is -2.34. The number of nitrogens with zero attached hydrogens (tertiary/aromatic N) is 2. The maximum Gasteiger partial charge on any atom is 0.338 e. The minimum atomic E-state index is -0.320. The lowest BCUT2D eigenvalue weighted by atomic mass is 9.95. The number of benzene rings is 1. The molecule has 0 spiro atoms. The first-order valence-electron chi connectivity index (χ1n) is 7.38. The molecular formula is C17H18N2O3S. The van der Waals surface area contributed by atoms with Crippen LogP contribution in [0.15, 0.2) is 52.1 Å². The van der Waals surface area contributed by atoms with Gasteiger partial charge in [0.25, 0.3) is 0 Å². The van der Waals surface area contributed by atoms with Crippen molar-refractivity contribution in [2.75, 3.05) is 13.7 Å². The molecule has 23 heavy (non-hydrogen) atoms. The van der Waals surface area contributed by atoms with Crippen molar-refractivity contribution in [3.8, 4) is 5.75 Å². The first kappa shape index (κ1) is 15.7. The summed E-state index contributed by atoms with van der Waals surface area (Å²) in [6, 6.07) is 7.49. The van der Waals surface area contributed by atoms with E-state index in [0.717, 1.165) is 16.5 Å². The molecule has 1 aromatic rings. The summed E-state index contributed by atoms with van der Waals surface area (Å²) in [5.74, 6) is 0.460. The monoisotopic (exact) mass is 330 g/mol. The number of esters is 1. The molecule has 1 aromatic carbocycles. The number of hydrogen-bond acceptors (Lipinski definition) is 6. The van der Waals surface area contributed by atoms with E-state index in [1.165, 1.54) is 0 Å². The molecule has 0 N–H and O–H groups in total. The number of aliphatic imine (C=N–C) groups is 1. The zero-order valence-corrected chi connectivity index (χ0v) is 14.1. The minimum Gasteiger partial charge on any atom is -0.497 e. The number of rotatable bonds is 4. The molecule has 0 saturated carbocycles. The molecule has 3 rings (SSSR count). The Morgan fingerprint density at radius 1 is 1.35 bits per heavy atom. The highest BCUT2D eigenvalue weighted by atomic mass is 32.2. The molecule has 0 aliphatic carbocycles. The largest absolute Gasteiger partial charge is 0.497 e. The first-order valence-corrected chi connectivity index (χ1v) is 8.26. The second-order valence-electron chi connectivity index (χ2n) is 5.10. The van der Waals surface area contributed by atoms with Crippen LogP contribution in [0.3, 0.4) is 0 Å². The van der Waals surface area contributed by atoms with E-state index in [9.17, 15) is 4.79 Å². The van der Waals surface area contributed by atoms with Crippen LogP contribution in [0.4, 0.5) is 0 Å². The zero-order valence-electron chi connectivity index (χ0n) is 13.3. The van der Waals surface area contributed by atoms with Gasteiger partial charge in [0.05, 0.1) is 31.0 Å². The van der Waals surface area contributed by atoms with Crippen molar-refractivity contribution in [2.24, 2.45) is 4.99 Å². The molecule has 120 valence electrons. The molecule has 5 nitrogen and oxygen atoms in total. The van der Waals surface area contributed by atoms with Gasteiger partial charge < -0.3 is 14.4 Å². The van der Waals surface area contributed by atoms with E-state index in [0.29, 0.717) is 17.9 Å². The quantitative estimate of drug-likeness (QED) is 0.791. The van der Waals surface area contributed by atoms with E-state index in [2.05, 4.69) is 4.99 Å². The standard InChI is InChI=1S/C17H18N2O3S/c1-4-22-16(20)14-11(2)18-17-19(9-10-23-17)15(14)12-5-7-13(21-3)8-6-12/h5-10,15H,4H2,1-3H3/t15-/m0/s1. The fraction of sp³-hybridized carbons (Fsp3) is 0.294. The third-order valence-electron chi connectivity index (χ3n) is 3.75. The fourth-order valence-corrected chi connectivity index (χ4v) is 3.48. The molecule has 2 heterocycles. The lowest BCUT2D eigenvalue weighted by molar-refractivity contribution is -0.139. The highest BCUT2D eigenvalue weighted by Gasteiger charge is 2.37. The molecule has 0 saturated heterocycles. The number of allylic oxidation sites excluding steroid dienone is 1. The summed E-state index contributed by atoms with van der Waals surface area (Å²) in [5.41, 5.74) is 2.27. The number of fused-ring (bicyclic) bond motifs is 1. The van der Waals surface area contributed by atoms with E-state index >= 15 is 0 Å². The van der Waals surface area contributed by atoms with Gasteiger partial charge in [0.15, 0.2) is 5.17 Å². The van der Waals surface area contributed by atoms with Gasteiger partial charge in [0.2, 0.25) is 0 Å². The normalized spacial score (nSPS) is 19.5. The number of ether oxygens (including phenoxy) is 2.